The number of benzene rings is 3. The van der Waals surface area contributed by atoms with E-state index >= 15 is 0 Å². The number of sulfonamides is 1. The molecule has 0 atom stereocenters. The first kappa shape index (κ1) is 20.7. The van der Waals surface area contributed by atoms with Crippen LogP contribution in [0.2, 0.25) is 0 Å². The van der Waals surface area contributed by atoms with E-state index in [0.717, 1.165) is 0 Å². The molecule has 4 aromatic rings. The normalized spacial score (nSPS) is 12.4. The van der Waals surface area contributed by atoms with Gasteiger partial charge in [0.05, 0.1) is 36.4 Å². The average molecular weight is 463 g/mol. The molecule has 0 radical (unpaired) electrons. The minimum Gasteiger partial charge on any atom is -0.497 e. The van der Waals surface area contributed by atoms with Gasteiger partial charge in [0.15, 0.2) is 5.82 Å². The molecule has 9 nitrogen and oxygen atoms in total. The molecular weight excluding hydrogens is 446 g/mol. The Balaban J connectivity index is 1.56. The molecule has 1 N–H and O–H groups in total. The van der Waals surface area contributed by atoms with E-state index in [9.17, 15) is 18.0 Å². The van der Waals surface area contributed by atoms with Crippen molar-refractivity contribution >= 4 is 32.4 Å². The molecule has 0 saturated carbocycles. The van der Waals surface area contributed by atoms with Crippen molar-refractivity contribution in [3.05, 3.63) is 82.4 Å². The van der Waals surface area contributed by atoms with Crippen LogP contribution in [-0.4, -0.2) is 38.0 Å². The number of nitrogens with zero attached hydrogens (tertiary/aromatic N) is 2. The third-order valence-electron chi connectivity index (χ3n) is 5.37. The maximum Gasteiger partial charge on any atom is 0.266 e. The molecule has 1 aromatic heterocycles. The number of fused-ring (bicyclic) bond motifs is 4. The molecule has 0 bridgehead atoms. The summed E-state index contributed by atoms with van der Waals surface area (Å²) in [6.07, 6.45) is 0. The standard InChI is InChI=1S/C23H17N3O6S/c1-31-14-8-10-20(19(12-14)32-2)33(29,30)25-13-7-9-18-16(11-13)21(27)22-24-17-6-4-3-5-15(17)23(28)26(18)22/h3-12,25H,1-2H3. The molecule has 33 heavy (non-hydrogen) atoms. The van der Waals surface area contributed by atoms with E-state index in [2.05, 4.69) is 9.71 Å². The lowest BCUT2D eigenvalue weighted by Crippen LogP contribution is -2.21. The summed E-state index contributed by atoms with van der Waals surface area (Å²) < 4.78 is 40.0. The zero-order valence-corrected chi connectivity index (χ0v) is 18.3. The van der Waals surface area contributed by atoms with Crippen LogP contribution in [0.3, 0.4) is 0 Å². The lowest BCUT2D eigenvalue weighted by Gasteiger charge is -2.13. The lowest BCUT2D eigenvalue weighted by molar-refractivity contribution is 0.103. The second-order valence-corrected chi connectivity index (χ2v) is 8.93. The summed E-state index contributed by atoms with van der Waals surface area (Å²) in [4.78, 5) is 30.3. The largest absolute Gasteiger partial charge is 0.497 e. The Kier molecular flexibility index (Phi) is 4.68. The summed E-state index contributed by atoms with van der Waals surface area (Å²) >= 11 is 0. The Morgan fingerprint density at radius 1 is 0.939 bits per heavy atom. The Morgan fingerprint density at radius 3 is 2.48 bits per heavy atom. The maximum absolute atomic E-state index is 13.0. The number of carbonyl (C=O) groups is 1. The van der Waals surface area contributed by atoms with Crippen molar-refractivity contribution in [2.24, 2.45) is 0 Å². The highest BCUT2D eigenvalue weighted by atomic mass is 32.2. The van der Waals surface area contributed by atoms with E-state index < -0.39 is 15.8 Å². The predicted molar refractivity (Wildman–Crippen MR) is 121 cm³/mol. The number of para-hydroxylation sites is 1. The van der Waals surface area contributed by atoms with Crippen molar-refractivity contribution < 1.29 is 22.7 Å². The van der Waals surface area contributed by atoms with Gasteiger partial charge in [-0.3, -0.25) is 18.9 Å². The molecule has 0 amide bonds. The van der Waals surface area contributed by atoms with E-state index in [1.54, 1.807) is 24.3 Å². The van der Waals surface area contributed by atoms with Gasteiger partial charge in [-0.2, -0.15) is 0 Å². The number of hydrogen-bond acceptors (Lipinski definition) is 7. The molecule has 10 heteroatoms. The van der Waals surface area contributed by atoms with Crippen LogP contribution in [0.4, 0.5) is 5.69 Å². The minimum absolute atomic E-state index is 0.00877. The van der Waals surface area contributed by atoms with Crippen molar-refractivity contribution in [3.8, 4) is 17.2 Å². The molecule has 0 unspecified atom stereocenters. The van der Waals surface area contributed by atoms with Gasteiger partial charge in [0.25, 0.3) is 15.6 Å². The first-order valence-corrected chi connectivity index (χ1v) is 11.3. The highest BCUT2D eigenvalue weighted by Gasteiger charge is 2.31. The van der Waals surface area contributed by atoms with Crippen LogP contribution < -0.4 is 19.8 Å². The molecular formula is C23H17N3O6S. The van der Waals surface area contributed by atoms with Gasteiger partial charge in [-0.25, -0.2) is 13.4 Å². The van der Waals surface area contributed by atoms with Crippen LogP contribution >= 0.6 is 0 Å². The molecule has 0 spiro atoms. The predicted octanol–water partition coefficient (Wildman–Crippen LogP) is 2.75. The van der Waals surface area contributed by atoms with Gasteiger partial charge >= 0.3 is 0 Å². The number of ether oxygens (including phenoxy) is 2. The van der Waals surface area contributed by atoms with E-state index in [1.165, 1.54) is 55.2 Å². The first-order valence-electron chi connectivity index (χ1n) is 9.80. The van der Waals surface area contributed by atoms with Gasteiger partial charge in [0.1, 0.15) is 16.4 Å². The SMILES string of the molecule is COc1ccc(S(=O)(=O)Nc2ccc3c(c2)C(=O)c2nc4ccccc4c(=O)n2-3)c(OC)c1. The summed E-state index contributed by atoms with van der Waals surface area (Å²) in [6.45, 7) is 0. The molecule has 0 fully saturated rings. The number of ketones is 1. The number of carbonyl (C=O) groups excluding carboxylic acids is 1. The van der Waals surface area contributed by atoms with Gasteiger partial charge in [0.2, 0.25) is 5.78 Å². The Morgan fingerprint density at radius 2 is 1.73 bits per heavy atom. The number of methoxy groups -OCH3 is 2. The summed E-state index contributed by atoms with van der Waals surface area (Å²) in [5, 5.41) is 0.387. The second kappa shape index (κ2) is 7.45. The fourth-order valence-electron chi connectivity index (χ4n) is 3.81. The zero-order valence-electron chi connectivity index (χ0n) is 17.5. The van der Waals surface area contributed by atoms with Crippen LogP contribution in [0.25, 0.3) is 16.6 Å². The van der Waals surface area contributed by atoms with Crippen LogP contribution in [0.15, 0.2) is 70.4 Å². The summed E-state index contributed by atoms with van der Waals surface area (Å²) in [5.74, 6) is 0.0763. The summed E-state index contributed by atoms with van der Waals surface area (Å²) in [6, 6.07) is 15.5. The molecule has 166 valence electrons. The minimum atomic E-state index is -4.05. The average Bonchev–Trinajstić information content (AvgIpc) is 3.10. The number of rotatable bonds is 5. The smallest absolute Gasteiger partial charge is 0.266 e. The Labute approximate surface area is 188 Å². The van der Waals surface area contributed by atoms with Crippen molar-refractivity contribution in [1.82, 2.24) is 9.55 Å². The number of nitrogens with one attached hydrogen (secondary N) is 1. The quantitative estimate of drug-likeness (QED) is 0.426. The van der Waals surface area contributed by atoms with Crippen LogP contribution in [0.1, 0.15) is 16.2 Å². The van der Waals surface area contributed by atoms with E-state index in [-0.39, 0.29) is 33.3 Å². The molecule has 1 aliphatic rings. The van der Waals surface area contributed by atoms with Crippen LogP contribution in [0, 0.1) is 0 Å². The Hall–Kier alpha value is -4.18. The summed E-state index contributed by atoms with van der Waals surface area (Å²) in [7, 11) is -1.23. The van der Waals surface area contributed by atoms with Gasteiger partial charge in [0, 0.05) is 11.8 Å². The number of aromatic nitrogens is 2. The molecule has 2 heterocycles. The third-order valence-corrected chi connectivity index (χ3v) is 6.79. The van der Waals surface area contributed by atoms with Gasteiger partial charge in [-0.05, 0) is 42.5 Å². The van der Waals surface area contributed by atoms with Crippen LogP contribution in [-0.2, 0) is 10.0 Å². The maximum atomic E-state index is 13.0. The molecule has 1 aliphatic heterocycles. The molecule has 3 aromatic carbocycles. The fourth-order valence-corrected chi connectivity index (χ4v) is 5.01. The van der Waals surface area contributed by atoms with E-state index in [1.807, 2.05) is 0 Å². The van der Waals surface area contributed by atoms with Gasteiger partial charge in [-0.15, -0.1) is 0 Å². The Bertz CT molecular complexity index is 1630. The summed E-state index contributed by atoms with van der Waals surface area (Å²) in [5.41, 5.74) is 0.742. The van der Waals surface area contributed by atoms with Crippen LogP contribution in [0.5, 0.6) is 11.5 Å². The van der Waals surface area contributed by atoms with Crippen molar-refractivity contribution in [2.45, 2.75) is 4.90 Å². The number of hydrogen-bond donors (Lipinski definition) is 1. The molecule has 0 aliphatic carbocycles. The topological polar surface area (TPSA) is 117 Å². The van der Waals surface area contributed by atoms with Crippen molar-refractivity contribution in [2.75, 3.05) is 18.9 Å². The number of anilines is 1. The molecule has 0 saturated heterocycles. The fraction of sp³-hybridized carbons (Fsp3) is 0.0870. The van der Waals surface area contributed by atoms with Crippen molar-refractivity contribution in [3.63, 3.8) is 0 Å². The molecule has 5 rings (SSSR count). The van der Waals surface area contributed by atoms with Gasteiger partial charge < -0.3 is 9.47 Å². The highest BCUT2D eigenvalue weighted by Crippen LogP contribution is 2.32. The first-order chi connectivity index (χ1) is 15.8. The zero-order chi connectivity index (χ0) is 23.3. The van der Waals surface area contributed by atoms with E-state index in [4.69, 9.17) is 9.47 Å². The highest BCUT2D eigenvalue weighted by molar-refractivity contribution is 7.92. The third kappa shape index (κ3) is 3.23. The van der Waals surface area contributed by atoms with Gasteiger partial charge in [-0.1, -0.05) is 12.1 Å². The lowest BCUT2D eigenvalue weighted by atomic mass is 10.1. The van der Waals surface area contributed by atoms with Crippen molar-refractivity contribution in [1.29, 1.82) is 0 Å². The van der Waals surface area contributed by atoms with E-state index in [0.29, 0.717) is 22.3 Å². The monoisotopic (exact) mass is 463 g/mol. The second-order valence-electron chi connectivity index (χ2n) is 7.28.